The van der Waals surface area contributed by atoms with E-state index in [2.05, 4.69) is 57.4 Å². The zero-order chi connectivity index (χ0) is 15.2. The minimum absolute atomic E-state index is 0.682. The highest BCUT2D eigenvalue weighted by atomic mass is 32.1. The molecule has 0 unspecified atom stereocenters. The molecule has 5 rings (SSSR count). The number of nitrogens with zero attached hydrogens (tertiary/aromatic N) is 3. The molecule has 0 saturated heterocycles. The number of rotatable bonds is 1. The number of hydrogen-bond acceptors (Lipinski definition) is 4. The fraction of sp³-hybridized carbons (Fsp3) is 0. The zero-order valence-corrected chi connectivity index (χ0v) is 12.9. The smallest absolute Gasteiger partial charge is 0.178 e. The van der Waals surface area contributed by atoms with Crippen LogP contribution in [-0.2, 0) is 0 Å². The largest absolute Gasteiger partial charge is 0.251 e. The maximum Gasteiger partial charge on any atom is 0.178 e. The summed E-state index contributed by atoms with van der Waals surface area (Å²) in [6.07, 6.45) is 3.56. The van der Waals surface area contributed by atoms with E-state index in [4.69, 9.17) is 0 Å². The fourth-order valence-corrected chi connectivity index (χ4v) is 4.02. The minimum atomic E-state index is 0.682. The van der Waals surface area contributed by atoms with Crippen LogP contribution in [0.2, 0.25) is 0 Å². The van der Waals surface area contributed by atoms with Crippen molar-refractivity contribution in [3.63, 3.8) is 0 Å². The van der Waals surface area contributed by atoms with E-state index in [1.165, 1.54) is 20.2 Å². The molecule has 0 fully saturated rings. The summed E-state index contributed by atoms with van der Waals surface area (Å²) in [6.45, 7) is 0. The van der Waals surface area contributed by atoms with Crippen molar-refractivity contribution in [2.24, 2.45) is 0 Å². The van der Waals surface area contributed by atoms with Crippen LogP contribution in [-0.4, -0.2) is 15.0 Å². The summed E-state index contributed by atoms with van der Waals surface area (Å²) < 4.78 is 2.58. The topological polar surface area (TPSA) is 38.7 Å². The molecular weight excluding hydrogens is 302 g/mol. The first-order chi connectivity index (χ1) is 11.4. The van der Waals surface area contributed by atoms with Gasteiger partial charge in [0.25, 0.3) is 0 Å². The van der Waals surface area contributed by atoms with Gasteiger partial charge in [0.05, 0.1) is 11.9 Å². The lowest BCUT2D eigenvalue weighted by Crippen LogP contribution is -1.90. The molecule has 0 aliphatic carbocycles. The van der Waals surface area contributed by atoms with Crippen LogP contribution in [0.25, 0.3) is 42.6 Å². The number of aromatic nitrogens is 3. The predicted octanol–water partition coefficient (Wildman–Crippen LogP) is 5.06. The summed E-state index contributed by atoms with van der Waals surface area (Å²) in [4.78, 5) is 13.4. The van der Waals surface area contributed by atoms with Crippen LogP contribution < -0.4 is 0 Å². The van der Waals surface area contributed by atoms with Gasteiger partial charge >= 0.3 is 0 Å². The molecular formula is C19H11N3S. The minimum Gasteiger partial charge on any atom is -0.251 e. The third kappa shape index (κ3) is 1.99. The molecule has 23 heavy (non-hydrogen) atoms. The Morgan fingerprint density at radius 3 is 2.70 bits per heavy atom. The van der Waals surface area contributed by atoms with Crippen molar-refractivity contribution in [2.45, 2.75) is 0 Å². The Hall–Kier alpha value is -2.85. The Morgan fingerprint density at radius 1 is 0.783 bits per heavy atom. The van der Waals surface area contributed by atoms with Crippen molar-refractivity contribution in [3.05, 3.63) is 67.0 Å². The summed E-state index contributed by atoms with van der Waals surface area (Å²) in [5.74, 6) is 0. The Kier molecular flexibility index (Phi) is 2.66. The van der Waals surface area contributed by atoms with Crippen molar-refractivity contribution in [1.29, 1.82) is 0 Å². The summed E-state index contributed by atoms with van der Waals surface area (Å²) in [7, 11) is 0. The number of thiophene rings is 1. The number of fused-ring (bicyclic) bond motifs is 4. The van der Waals surface area contributed by atoms with Gasteiger partial charge in [-0.3, -0.25) is 4.98 Å². The van der Waals surface area contributed by atoms with Crippen LogP contribution in [0, 0.1) is 0 Å². The van der Waals surface area contributed by atoms with Crippen molar-refractivity contribution in [2.75, 3.05) is 0 Å². The van der Waals surface area contributed by atoms with Crippen molar-refractivity contribution < 1.29 is 0 Å². The molecule has 2 aromatic carbocycles. The average Bonchev–Trinajstić information content (AvgIpc) is 2.99. The summed E-state index contributed by atoms with van der Waals surface area (Å²) >= 11 is 1.81. The molecule has 3 heterocycles. The molecule has 3 nitrogen and oxygen atoms in total. The van der Waals surface area contributed by atoms with E-state index in [0.717, 1.165) is 16.8 Å². The molecule has 0 aliphatic rings. The molecule has 0 amide bonds. The van der Waals surface area contributed by atoms with Gasteiger partial charge < -0.3 is 0 Å². The van der Waals surface area contributed by atoms with Crippen LogP contribution in [0.15, 0.2) is 67.0 Å². The Labute approximate surface area is 136 Å². The van der Waals surface area contributed by atoms with Crippen LogP contribution in [0.1, 0.15) is 0 Å². The number of pyridine rings is 1. The quantitative estimate of drug-likeness (QED) is 0.434. The number of benzene rings is 2. The molecule has 5 aromatic rings. The van der Waals surface area contributed by atoms with E-state index in [9.17, 15) is 0 Å². The van der Waals surface area contributed by atoms with Gasteiger partial charge in [0.1, 0.15) is 5.52 Å². The van der Waals surface area contributed by atoms with E-state index in [0.29, 0.717) is 5.65 Å². The van der Waals surface area contributed by atoms with Gasteiger partial charge in [-0.25, -0.2) is 9.97 Å². The summed E-state index contributed by atoms with van der Waals surface area (Å²) in [5.41, 5.74) is 3.43. The SMILES string of the molecule is c1cnc2nc(-c3ccc4c(c3)sc3ccccc34)cnc2c1. The lowest BCUT2D eigenvalue weighted by molar-refractivity contribution is 1.23. The van der Waals surface area contributed by atoms with E-state index in [1.807, 2.05) is 29.7 Å². The third-order valence-corrected chi connectivity index (χ3v) is 5.13. The lowest BCUT2D eigenvalue weighted by Gasteiger charge is -2.02. The highest BCUT2D eigenvalue weighted by Gasteiger charge is 2.08. The molecule has 0 N–H and O–H groups in total. The average molecular weight is 313 g/mol. The van der Waals surface area contributed by atoms with Crippen molar-refractivity contribution in [3.8, 4) is 11.3 Å². The van der Waals surface area contributed by atoms with Crippen LogP contribution >= 0.6 is 11.3 Å². The zero-order valence-electron chi connectivity index (χ0n) is 12.1. The molecule has 108 valence electrons. The first-order valence-corrected chi connectivity index (χ1v) is 8.19. The van der Waals surface area contributed by atoms with Gasteiger partial charge in [0.15, 0.2) is 5.65 Å². The molecule has 3 aromatic heterocycles. The fourth-order valence-electron chi connectivity index (χ4n) is 2.87. The molecule has 0 spiro atoms. The van der Waals surface area contributed by atoms with Gasteiger partial charge in [-0.2, -0.15) is 0 Å². The molecule has 0 saturated carbocycles. The first-order valence-electron chi connectivity index (χ1n) is 7.38. The second-order valence-electron chi connectivity index (χ2n) is 5.41. The maximum absolute atomic E-state index is 4.64. The van der Waals surface area contributed by atoms with Crippen molar-refractivity contribution in [1.82, 2.24) is 15.0 Å². The van der Waals surface area contributed by atoms with Crippen LogP contribution in [0.5, 0.6) is 0 Å². The van der Waals surface area contributed by atoms with Gasteiger partial charge in [-0.05, 0) is 24.3 Å². The Bertz CT molecular complexity index is 1180. The second kappa shape index (κ2) is 4.83. The van der Waals surface area contributed by atoms with Gasteiger partial charge in [0, 0.05) is 31.9 Å². The van der Waals surface area contributed by atoms with E-state index in [1.54, 1.807) is 6.20 Å². The first kappa shape index (κ1) is 12.7. The number of hydrogen-bond donors (Lipinski definition) is 0. The summed E-state index contributed by atoms with van der Waals surface area (Å²) in [6, 6.07) is 18.8. The van der Waals surface area contributed by atoms with Crippen LogP contribution in [0.4, 0.5) is 0 Å². The molecule has 0 aliphatic heterocycles. The van der Waals surface area contributed by atoms with Gasteiger partial charge in [-0.1, -0.05) is 30.3 Å². The lowest BCUT2D eigenvalue weighted by atomic mass is 10.1. The van der Waals surface area contributed by atoms with Gasteiger partial charge in [0.2, 0.25) is 0 Å². The molecule has 0 radical (unpaired) electrons. The monoisotopic (exact) mass is 313 g/mol. The summed E-state index contributed by atoms with van der Waals surface area (Å²) in [5, 5.41) is 2.60. The van der Waals surface area contributed by atoms with Crippen LogP contribution in [0.3, 0.4) is 0 Å². The maximum atomic E-state index is 4.64. The highest BCUT2D eigenvalue weighted by Crippen LogP contribution is 2.35. The molecule has 0 atom stereocenters. The normalized spacial score (nSPS) is 11.5. The van der Waals surface area contributed by atoms with E-state index >= 15 is 0 Å². The molecule has 0 bridgehead atoms. The van der Waals surface area contributed by atoms with E-state index in [-0.39, 0.29) is 0 Å². The van der Waals surface area contributed by atoms with Gasteiger partial charge in [-0.15, -0.1) is 11.3 Å². The highest BCUT2D eigenvalue weighted by molar-refractivity contribution is 7.25. The third-order valence-electron chi connectivity index (χ3n) is 3.99. The predicted molar refractivity (Wildman–Crippen MR) is 95.7 cm³/mol. The van der Waals surface area contributed by atoms with Crippen molar-refractivity contribution >= 4 is 42.7 Å². The molecule has 4 heteroatoms. The Balaban J connectivity index is 1.73. The Morgan fingerprint density at radius 2 is 1.70 bits per heavy atom. The van der Waals surface area contributed by atoms with E-state index < -0.39 is 0 Å². The standard InChI is InChI=1S/C19H11N3S/c1-2-6-17-13(4-1)14-8-7-12(10-18(14)23-17)16-11-21-15-5-3-9-20-19(15)22-16/h1-11H. The second-order valence-corrected chi connectivity index (χ2v) is 6.49.